The topological polar surface area (TPSA) is 140 Å². The van der Waals surface area contributed by atoms with E-state index in [1.807, 2.05) is 12.1 Å². The van der Waals surface area contributed by atoms with Crippen LogP contribution in [0.4, 0.5) is 17.3 Å². The summed E-state index contributed by atoms with van der Waals surface area (Å²) in [6, 6.07) is 13.4. The summed E-state index contributed by atoms with van der Waals surface area (Å²) < 4.78 is 13.5. The summed E-state index contributed by atoms with van der Waals surface area (Å²) in [5, 5.41) is 14.1. The molecule has 1 aliphatic rings. The van der Waals surface area contributed by atoms with Crippen LogP contribution in [0.3, 0.4) is 0 Å². The van der Waals surface area contributed by atoms with E-state index in [9.17, 15) is 14.7 Å². The van der Waals surface area contributed by atoms with Gasteiger partial charge in [-0.2, -0.15) is 4.98 Å². The van der Waals surface area contributed by atoms with Gasteiger partial charge in [-0.3, -0.25) is 14.5 Å². The molecule has 1 aromatic carbocycles. The van der Waals surface area contributed by atoms with E-state index < -0.39 is 5.60 Å². The maximum absolute atomic E-state index is 13.3. The maximum Gasteiger partial charge on any atom is 0.305 e. The summed E-state index contributed by atoms with van der Waals surface area (Å²) in [5.74, 6) is 0.583. The second-order valence-electron chi connectivity index (χ2n) is 11.7. The van der Waals surface area contributed by atoms with Gasteiger partial charge in [0.1, 0.15) is 11.0 Å². The number of carbonyl (C=O) groups is 1. The molecule has 0 spiro atoms. The number of fused-ring (bicyclic) bond motifs is 1. The highest BCUT2D eigenvalue weighted by molar-refractivity contribution is 5.77. The van der Waals surface area contributed by atoms with Crippen molar-refractivity contribution >= 4 is 34.3 Å². The van der Waals surface area contributed by atoms with Crippen LogP contribution < -0.4 is 15.8 Å². The van der Waals surface area contributed by atoms with Gasteiger partial charge in [0, 0.05) is 63.3 Å². The zero-order valence-electron chi connectivity index (χ0n) is 26.7. The molecule has 0 bridgehead atoms. The fraction of sp³-hybridized carbons (Fsp3) is 0.424. The molecule has 1 saturated heterocycles. The normalized spacial score (nSPS) is 14.0. The predicted octanol–water partition coefficient (Wildman–Crippen LogP) is 3.23. The van der Waals surface area contributed by atoms with Gasteiger partial charge in [-0.25, -0.2) is 19.3 Å². The van der Waals surface area contributed by atoms with Crippen LogP contribution in [0.1, 0.15) is 32.4 Å². The van der Waals surface area contributed by atoms with Gasteiger partial charge in [-0.1, -0.05) is 12.1 Å². The zero-order chi connectivity index (χ0) is 32.7. The lowest BCUT2D eigenvalue weighted by molar-refractivity contribution is -0.141. The van der Waals surface area contributed by atoms with E-state index in [4.69, 9.17) is 9.72 Å². The molecule has 3 aromatic heterocycles. The van der Waals surface area contributed by atoms with Gasteiger partial charge in [-0.15, -0.1) is 6.58 Å². The average molecular weight is 631 g/mol. The van der Waals surface area contributed by atoms with Gasteiger partial charge in [0.25, 0.3) is 5.56 Å². The largest absolute Gasteiger partial charge is 0.469 e. The van der Waals surface area contributed by atoms with Crippen molar-refractivity contribution in [3.8, 4) is 5.82 Å². The first-order chi connectivity index (χ1) is 22.2. The highest BCUT2D eigenvalue weighted by atomic mass is 16.5. The van der Waals surface area contributed by atoms with Crippen molar-refractivity contribution in [1.82, 2.24) is 29.2 Å². The van der Waals surface area contributed by atoms with Gasteiger partial charge in [-0.05, 0) is 56.7 Å². The predicted molar refractivity (Wildman–Crippen MR) is 177 cm³/mol. The Morgan fingerprint density at radius 2 is 1.85 bits per heavy atom. The molecule has 0 saturated carbocycles. The summed E-state index contributed by atoms with van der Waals surface area (Å²) >= 11 is 0. The van der Waals surface area contributed by atoms with Crippen LogP contribution in [-0.2, 0) is 26.4 Å². The third-order valence-electron chi connectivity index (χ3n) is 7.87. The minimum atomic E-state index is -1.16. The summed E-state index contributed by atoms with van der Waals surface area (Å²) in [6.45, 7) is 13.2. The van der Waals surface area contributed by atoms with Crippen molar-refractivity contribution in [1.29, 1.82) is 0 Å². The number of rotatable bonds is 14. The number of hydrogen-bond donors (Lipinski definition) is 2. The first kappa shape index (κ1) is 32.8. The molecule has 5 rings (SSSR count). The van der Waals surface area contributed by atoms with Gasteiger partial charge in [0.15, 0.2) is 11.5 Å². The van der Waals surface area contributed by atoms with Crippen LogP contribution in [0.25, 0.3) is 16.9 Å². The number of nitrogens with zero attached hydrogens (tertiary/aromatic N) is 7. The van der Waals surface area contributed by atoms with E-state index in [-0.39, 0.29) is 18.1 Å². The Bertz CT molecular complexity index is 1700. The molecule has 0 amide bonds. The number of esters is 1. The molecule has 0 unspecified atom stereocenters. The molecule has 0 atom stereocenters. The highest BCUT2D eigenvalue weighted by Crippen LogP contribution is 2.24. The third kappa shape index (κ3) is 7.79. The van der Waals surface area contributed by atoms with E-state index in [0.29, 0.717) is 54.5 Å². The van der Waals surface area contributed by atoms with Crippen LogP contribution in [0.2, 0.25) is 0 Å². The van der Waals surface area contributed by atoms with Crippen molar-refractivity contribution in [2.75, 3.05) is 63.3 Å². The first-order valence-corrected chi connectivity index (χ1v) is 15.5. The van der Waals surface area contributed by atoms with Crippen LogP contribution in [0, 0.1) is 0 Å². The Morgan fingerprint density at radius 3 is 2.54 bits per heavy atom. The van der Waals surface area contributed by atoms with Crippen molar-refractivity contribution < 1.29 is 19.4 Å². The number of pyridine rings is 1. The number of piperazine rings is 1. The number of nitrogens with one attached hydrogen (secondary N) is 1. The second-order valence-corrected chi connectivity index (χ2v) is 11.7. The third-order valence-corrected chi connectivity index (χ3v) is 7.87. The number of aliphatic hydroxyl groups is 1. The molecule has 0 aliphatic carbocycles. The van der Waals surface area contributed by atoms with Gasteiger partial charge in [0.05, 0.1) is 26.0 Å². The monoisotopic (exact) mass is 630 g/mol. The Hall–Kier alpha value is -4.59. The van der Waals surface area contributed by atoms with Crippen molar-refractivity contribution in [2.45, 2.75) is 38.8 Å². The number of aromatic nitrogens is 5. The van der Waals surface area contributed by atoms with Crippen LogP contribution >= 0.6 is 0 Å². The lowest BCUT2D eigenvalue weighted by Gasteiger charge is -2.36. The number of ether oxygens (including phenoxy) is 2. The van der Waals surface area contributed by atoms with Crippen molar-refractivity contribution in [3.63, 3.8) is 0 Å². The molecule has 4 aromatic rings. The average Bonchev–Trinajstić information content (AvgIpc) is 3.33. The zero-order valence-corrected chi connectivity index (χ0v) is 26.7. The summed E-state index contributed by atoms with van der Waals surface area (Å²) in [5.41, 5.74) is 1.39. The molecular formula is C33H42N8O5. The molecule has 46 heavy (non-hydrogen) atoms. The summed E-state index contributed by atoms with van der Waals surface area (Å²) in [6.07, 6.45) is 4.21. The van der Waals surface area contributed by atoms with Crippen LogP contribution in [0.15, 0.2) is 66.1 Å². The number of benzene rings is 1. The van der Waals surface area contributed by atoms with E-state index >= 15 is 0 Å². The van der Waals surface area contributed by atoms with Crippen LogP contribution in [0.5, 0.6) is 0 Å². The fourth-order valence-corrected chi connectivity index (χ4v) is 5.32. The number of methoxy groups -OCH3 is 1. The molecule has 0 radical (unpaired) electrons. The Labute approximate surface area is 268 Å². The van der Waals surface area contributed by atoms with E-state index in [0.717, 1.165) is 44.1 Å². The lowest BCUT2D eigenvalue weighted by Crippen LogP contribution is -2.47. The molecule has 244 valence electrons. The minimum Gasteiger partial charge on any atom is -0.469 e. The molecule has 4 heterocycles. The molecule has 1 fully saturated rings. The number of anilines is 3. The highest BCUT2D eigenvalue weighted by Gasteiger charge is 2.22. The first-order valence-electron chi connectivity index (χ1n) is 15.5. The number of carbonyl (C=O) groups excluding carboxylic acids is 1. The standard InChI is InChI=1S/C33H42N8O5/c1-5-15-40-31(43)26-23-34-32(37-30(26)41(40)28-9-6-8-27(36-28)33(2,3)44)35-24-11-13-25(14-12-24)39-18-16-38(17-19-39)20-22-46-21-7-10-29(42)45-4/h5-6,8-9,11-14,23,44H,1,7,10,15-22H2,2-4H3,(H,34,35,37). The second kappa shape index (κ2) is 14.7. The van der Waals surface area contributed by atoms with Gasteiger partial charge < -0.3 is 24.8 Å². The minimum absolute atomic E-state index is 0.204. The SMILES string of the molecule is C=CCn1c(=O)c2cnc(Nc3ccc(N4CCN(CCOCCCC(=O)OC)CC4)cc3)nc2n1-c1cccc(C(C)(C)O)n1. The maximum atomic E-state index is 13.3. The molecule has 13 heteroatoms. The van der Waals surface area contributed by atoms with Gasteiger partial charge >= 0.3 is 5.97 Å². The van der Waals surface area contributed by atoms with Crippen molar-refractivity contribution in [3.05, 3.63) is 77.4 Å². The number of allylic oxidation sites excluding steroid dienone is 1. The Balaban J connectivity index is 1.23. The lowest BCUT2D eigenvalue weighted by atomic mass is 10.1. The Kier molecular flexibility index (Phi) is 10.5. The molecule has 1 aliphatic heterocycles. The number of hydrogen-bond acceptors (Lipinski definition) is 11. The van der Waals surface area contributed by atoms with Crippen LogP contribution in [-0.4, -0.2) is 93.3 Å². The quantitative estimate of drug-likeness (QED) is 0.121. The fourth-order valence-electron chi connectivity index (χ4n) is 5.32. The van der Waals surface area contributed by atoms with E-state index in [1.54, 1.807) is 42.8 Å². The molecule has 2 N–H and O–H groups in total. The van der Waals surface area contributed by atoms with E-state index in [1.165, 1.54) is 18.0 Å². The summed E-state index contributed by atoms with van der Waals surface area (Å²) in [4.78, 5) is 43.0. The smallest absolute Gasteiger partial charge is 0.305 e. The summed E-state index contributed by atoms with van der Waals surface area (Å²) in [7, 11) is 1.40. The van der Waals surface area contributed by atoms with Gasteiger partial charge in [0.2, 0.25) is 5.95 Å². The Morgan fingerprint density at radius 1 is 1.09 bits per heavy atom. The van der Waals surface area contributed by atoms with E-state index in [2.05, 4.69) is 48.5 Å². The van der Waals surface area contributed by atoms with Crippen molar-refractivity contribution in [2.24, 2.45) is 0 Å². The molecule has 13 nitrogen and oxygen atoms in total. The molecular weight excluding hydrogens is 588 g/mol.